The molecule has 0 bridgehead atoms. The van der Waals surface area contributed by atoms with Gasteiger partial charge in [-0.15, -0.1) is 0 Å². The maximum Gasteiger partial charge on any atom is 0.236 e. The number of benzene rings is 2. The van der Waals surface area contributed by atoms with E-state index in [-0.39, 0.29) is 11.7 Å². The molecule has 4 heteroatoms. The van der Waals surface area contributed by atoms with Crippen molar-refractivity contribution in [3.05, 3.63) is 59.9 Å². The van der Waals surface area contributed by atoms with Crippen LogP contribution in [0.15, 0.2) is 48.5 Å². The third kappa shape index (κ3) is 4.15. The summed E-state index contributed by atoms with van der Waals surface area (Å²) in [6.07, 6.45) is 0. The van der Waals surface area contributed by atoms with Crippen LogP contribution < -0.4 is 0 Å². The Morgan fingerprint density at radius 1 is 1.05 bits per heavy atom. The van der Waals surface area contributed by atoms with Gasteiger partial charge in [0, 0.05) is 26.2 Å². The number of carbonyl (C=O) groups is 1. The first kappa shape index (κ1) is 16.2. The Balaban J connectivity index is 2.12. The van der Waals surface area contributed by atoms with Gasteiger partial charge in [-0.3, -0.25) is 9.69 Å². The van der Waals surface area contributed by atoms with E-state index in [1.54, 1.807) is 31.1 Å². The van der Waals surface area contributed by atoms with Crippen molar-refractivity contribution in [2.75, 3.05) is 27.7 Å². The molecule has 0 heterocycles. The third-order valence-corrected chi connectivity index (χ3v) is 3.47. The van der Waals surface area contributed by atoms with Gasteiger partial charge in [-0.2, -0.15) is 0 Å². The zero-order chi connectivity index (χ0) is 16.1. The minimum atomic E-state index is -0.226. The molecule has 3 nitrogen and oxygen atoms in total. The van der Waals surface area contributed by atoms with Gasteiger partial charge in [0.25, 0.3) is 0 Å². The molecule has 0 unspecified atom stereocenters. The summed E-state index contributed by atoms with van der Waals surface area (Å²) in [6.45, 7) is 0.999. The van der Waals surface area contributed by atoms with E-state index in [0.29, 0.717) is 18.7 Å². The van der Waals surface area contributed by atoms with Crippen LogP contribution in [0.3, 0.4) is 0 Å². The lowest BCUT2D eigenvalue weighted by Crippen LogP contribution is -2.34. The number of halogens is 1. The topological polar surface area (TPSA) is 23.6 Å². The number of carbonyl (C=O) groups excluding carboxylic acids is 1. The second-order valence-electron chi connectivity index (χ2n) is 5.64. The van der Waals surface area contributed by atoms with Crippen molar-refractivity contribution in [3.63, 3.8) is 0 Å². The molecule has 0 atom stereocenters. The van der Waals surface area contributed by atoms with Crippen LogP contribution in [0.5, 0.6) is 0 Å². The maximum atomic E-state index is 13.9. The fourth-order valence-corrected chi connectivity index (χ4v) is 2.27. The molecule has 0 N–H and O–H groups in total. The molecule has 0 saturated heterocycles. The SMILES string of the molecule is CN(CC(=O)N(C)C)Cc1cccc(-c2ccccc2F)c1. The van der Waals surface area contributed by atoms with Gasteiger partial charge in [0.15, 0.2) is 0 Å². The zero-order valence-corrected chi connectivity index (χ0v) is 13.2. The molecule has 2 aromatic rings. The summed E-state index contributed by atoms with van der Waals surface area (Å²) >= 11 is 0. The van der Waals surface area contributed by atoms with Gasteiger partial charge in [0.2, 0.25) is 5.91 Å². The van der Waals surface area contributed by atoms with E-state index in [2.05, 4.69) is 0 Å². The Hall–Kier alpha value is -2.20. The Labute approximate surface area is 131 Å². The van der Waals surface area contributed by atoms with Crippen molar-refractivity contribution in [3.8, 4) is 11.1 Å². The summed E-state index contributed by atoms with van der Waals surface area (Å²) in [4.78, 5) is 15.2. The summed E-state index contributed by atoms with van der Waals surface area (Å²) < 4.78 is 13.9. The summed E-state index contributed by atoms with van der Waals surface area (Å²) in [5.41, 5.74) is 2.49. The van der Waals surface area contributed by atoms with Crippen LogP contribution in [0.1, 0.15) is 5.56 Å². The van der Waals surface area contributed by atoms with E-state index in [1.807, 2.05) is 42.3 Å². The monoisotopic (exact) mass is 300 g/mol. The molecule has 2 aromatic carbocycles. The van der Waals surface area contributed by atoms with Crippen LogP contribution in [0, 0.1) is 5.82 Å². The van der Waals surface area contributed by atoms with Crippen LogP contribution in [0.25, 0.3) is 11.1 Å². The standard InChI is InChI=1S/C18H21FN2O/c1-20(2)18(22)13-21(3)12-14-7-6-8-15(11-14)16-9-4-5-10-17(16)19/h4-11H,12-13H2,1-3H3. The molecule has 2 rings (SSSR count). The second kappa shape index (κ2) is 7.18. The fraction of sp³-hybridized carbons (Fsp3) is 0.278. The van der Waals surface area contributed by atoms with E-state index in [9.17, 15) is 9.18 Å². The first-order valence-corrected chi connectivity index (χ1v) is 7.20. The van der Waals surface area contributed by atoms with Crippen LogP contribution in [0.4, 0.5) is 4.39 Å². The highest BCUT2D eigenvalue weighted by Crippen LogP contribution is 2.23. The van der Waals surface area contributed by atoms with Gasteiger partial charge >= 0.3 is 0 Å². The van der Waals surface area contributed by atoms with Crippen molar-refractivity contribution in [2.24, 2.45) is 0 Å². The van der Waals surface area contributed by atoms with Crippen LogP contribution in [0.2, 0.25) is 0 Å². The first-order valence-electron chi connectivity index (χ1n) is 7.20. The summed E-state index contributed by atoms with van der Waals surface area (Å²) in [7, 11) is 5.39. The highest BCUT2D eigenvalue weighted by molar-refractivity contribution is 5.77. The van der Waals surface area contributed by atoms with Gasteiger partial charge in [-0.25, -0.2) is 4.39 Å². The Morgan fingerprint density at radius 2 is 1.77 bits per heavy atom. The largest absolute Gasteiger partial charge is 0.348 e. The lowest BCUT2D eigenvalue weighted by atomic mass is 10.0. The number of hydrogen-bond acceptors (Lipinski definition) is 2. The van der Waals surface area contributed by atoms with Gasteiger partial charge < -0.3 is 4.90 Å². The maximum absolute atomic E-state index is 13.9. The minimum absolute atomic E-state index is 0.0627. The lowest BCUT2D eigenvalue weighted by Gasteiger charge is -2.19. The molecule has 0 aromatic heterocycles. The minimum Gasteiger partial charge on any atom is -0.348 e. The average molecular weight is 300 g/mol. The molecule has 0 radical (unpaired) electrons. The van der Waals surface area contributed by atoms with Gasteiger partial charge in [-0.1, -0.05) is 36.4 Å². The molecule has 116 valence electrons. The number of amides is 1. The molecular formula is C18H21FN2O. The highest BCUT2D eigenvalue weighted by Gasteiger charge is 2.10. The Kier molecular flexibility index (Phi) is 5.28. The molecule has 1 amide bonds. The van der Waals surface area contributed by atoms with Crippen molar-refractivity contribution in [1.82, 2.24) is 9.80 Å². The van der Waals surface area contributed by atoms with Crippen molar-refractivity contribution < 1.29 is 9.18 Å². The van der Waals surface area contributed by atoms with Gasteiger partial charge in [0.05, 0.1) is 6.54 Å². The first-order chi connectivity index (χ1) is 10.5. The summed E-state index contributed by atoms with van der Waals surface area (Å²) in [5, 5.41) is 0. The van der Waals surface area contributed by atoms with E-state index in [4.69, 9.17) is 0 Å². The number of rotatable bonds is 5. The predicted octanol–water partition coefficient (Wildman–Crippen LogP) is 3.01. The number of nitrogens with zero attached hydrogens (tertiary/aromatic N) is 2. The number of hydrogen-bond donors (Lipinski definition) is 0. The molecule has 0 aliphatic heterocycles. The summed E-state index contributed by atoms with van der Waals surface area (Å²) in [6, 6.07) is 14.5. The van der Waals surface area contributed by atoms with E-state index >= 15 is 0 Å². The zero-order valence-electron chi connectivity index (χ0n) is 13.2. The van der Waals surface area contributed by atoms with Crippen LogP contribution in [-0.4, -0.2) is 43.4 Å². The van der Waals surface area contributed by atoms with Crippen LogP contribution >= 0.6 is 0 Å². The highest BCUT2D eigenvalue weighted by atomic mass is 19.1. The Morgan fingerprint density at radius 3 is 2.45 bits per heavy atom. The van der Waals surface area contributed by atoms with E-state index in [0.717, 1.165) is 11.1 Å². The molecular weight excluding hydrogens is 279 g/mol. The fourth-order valence-electron chi connectivity index (χ4n) is 2.27. The molecule has 0 saturated carbocycles. The lowest BCUT2D eigenvalue weighted by molar-refractivity contribution is -0.129. The Bertz CT molecular complexity index is 655. The van der Waals surface area contributed by atoms with Crippen molar-refractivity contribution in [1.29, 1.82) is 0 Å². The van der Waals surface area contributed by atoms with Crippen molar-refractivity contribution in [2.45, 2.75) is 6.54 Å². The normalized spacial score (nSPS) is 10.8. The average Bonchev–Trinajstić information content (AvgIpc) is 2.47. The van der Waals surface area contributed by atoms with Crippen LogP contribution in [-0.2, 0) is 11.3 Å². The smallest absolute Gasteiger partial charge is 0.236 e. The third-order valence-electron chi connectivity index (χ3n) is 3.47. The molecule has 0 aliphatic carbocycles. The molecule has 0 aliphatic rings. The summed E-state index contributed by atoms with van der Waals surface area (Å²) in [5.74, 6) is -0.163. The van der Waals surface area contributed by atoms with E-state index < -0.39 is 0 Å². The number of likely N-dealkylation sites (N-methyl/N-ethyl adjacent to an activating group) is 2. The molecule has 22 heavy (non-hydrogen) atoms. The van der Waals surface area contributed by atoms with Gasteiger partial charge in [-0.05, 0) is 30.3 Å². The molecule has 0 fully saturated rings. The molecule has 0 spiro atoms. The van der Waals surface area contributed by atoms with E-state index in [1.165, 1.54) is 6.07 Å². The second-order valence-corrected chi connectivity index (χ2v) is 5.64. The van der Waals surface area contributed by atoms with Crippen molar-refractivity contribution >= 4 is 5.91 Å². The predicted molar refractivity (Wildman–Crippen MR) is 86.9 cm³/mol. The quantitative estimate of drug-likeness (QED) is 0.847. The van der Waals surface area contributed by atoms with Gasteiger partial charge in [0.1, 0.15) is 5.82 Å².